The Morgan fingerprint density at radius 1 is 1.18 bits per heavy atom. The number of fused-ring (bicyclic) bond motifs is 1. The Morgan fingerprint density at radius 3 is 2.64 bits per heavy atom. The van der Waals surface area contributed by atoms with Crippen LogP contribution in [0.1, 0.15) is 63.3 Å². The predicted octanol–water partition coefficient (Wildman–Crippen LogP) is 3.00. The molecule has 1 aliphatic heterocycles. The number of alkyl carbamates (subject to hydrolysis) is 1. The molecule has 1 saturated carbocycles. The number of furan rings is 1. The molecule has 180 valence electrons. The Kier molecular flexibility index (Phi) is 7.45. The number of rotatable bonds is 6. The van der Waals surface area contributed by atoms with Crippen molar-refractivity contribution in [2.24, 2.45) is 5.92 Å². The van der Waals surface area contributed by atoms with E-state index in [1.54, 1.807) is 27.7 Å². The van der Waals surface area contributed by atoms with Crippen molar-refractivity contribution < 1.29 is 42.5 Å². The number of amides is 1. The van der Waals surface area contributed by atoms with Gasteiger partial charge in [0, 0.05) is 6.42 Å². The van der Waals surface area contributed by atoms with Crippen LogP contribution in [0.25, 0.3) is 5.57 Å². The molecule has 1 aliphatic carbocycles. The lowest BCUT2D eigenvalue weighted by Crippen LogP contribution is -2.43. The quantitative estimate of drug-likeness (QED) is 0.500. The summed E-state index contributed by atoms with van der Waals surface area (Å²) >= 11 is 0. The molecular formula is C23H29NO9. The van der Waals surface area contributed by atoms with E-state index in [0.29, 0.717) is 19.3 Å². The maximum atomic E-state index is 13.0. The van der Waals surface area contributed by atoms with E-state index in [9.17, 15) is 19.2 Å². The van der Waals surface area contributed by atoms with Crippen LogP contribution < -0.4 is 5.32 Å². The molecule has 1 N–H and O–H groups in total. The van der Waals surface area contributed by atoms with E-state index < -0.39 is 41.8 Å². The first kappa shape index (κ1) is 24.3. The Labute approximate surface area is 191 Å². The summed E-state index contributed by atoms with van der Waals surface area (Å²) in [6, 6.07) is 2.99. The number of hydrogen-bond donors (Lipinski definition) is 1. The van der Waals surface area contributed by atoms with Gasteiger partial charge >= 0.3 is 18.0 Å². The molecule has 33 heavy (non-hydrogen) atoms. The second-order valence-corrected chi connectivity index (χ2v) is 8.84. The number of nitrogens with one attached hydrogen (secondary N) is 1. The zero-order valence-electron chi connectivity index (χ0n) is 19.2. The van der Waals surface area contributed by atoms with Crippen LogP contribution in [0.5, 0.6) is 0 Å². The molecule has 10 nitrogen and oxygen atoms in total. The topological polar surface area (TPSA) is 130 Å². The van der Waals surface area contributed by atoms with Crippen LogP contribution in [0.3, 0.4) is 0 Å². The molecule has 0 spiro atoms. The summed E-state index contributed by atoms with van der Waals surface area (Å²) < 4.78 is 26.6. The summed E-state index contributed by atoms with van der Waals surface area (Å²) in [5, 5.41) is 2.36. The lowest BCUT2D eigenvalue weighted by molar-refractivity contribution is -0.153. The van der Waals surface area contributed by atoms with Crippen molar-refractivity contribution in [2.75, 3.05) is 13.2 Å². The van der Waals surface area contributed by atoms with E-state index in [-0.39, 0.29) is 36.0 Å². The molecular weight excluding hydrogens is 434 g/mol. The van der Waals surface area contributed by atoms with E-state index in [1.165, 1.54) is 18.4 Å². The molecule has 1 fully saturated rings. The number of ether oxygens (including phenoxy) is 4. The Morgan fingerprint density at radius 2 is 1.94 bits per heavy atom. The second kappa shape index (κ2) is 10.1. The average Bonchev–Trinajstić information content (AvgIpc) is 3.21. The van der Waals surface area contributed by atoms with Gasteiger partial charge in [-0.05, 0) is 52.7 Å². The van der Waals surface area contributed by atoms with Gasteiger partial charge in [-0.25, -0.2) is 9.59 Å². The molecule has 0 aromatic carbocycles. The van der Waals surface area contributed by atoms with Gasteiger partial charge in [0.05, 0.1) is 24.4 Å². The summed E-state index contributed by atoms with van der Waals surface area (Å²) in [4.78, 5) is 48.5. The highest BCUT2D eigenvalue weighted by molar-refractivity contribution is 6.21. The molecule has 1 aromatic rings. The number of esters is 2. The van der Waals surface area contributed by atoms with Gasteiger partial charge in [0.2, 0.25) is 5.76 Å². The maximum Gasteiger partial charge on any atom is 0.408 e. The van der Waals surface area contributed by atoms with Gasteiger partial charge in [-0.15, -0.1) is 0 Å². The number of ketones is 1. The van der Waals surface area contributed by atoms with Crippen LogP contribution in [0.4, 0.5) is 4.79 Å². The van der Waals surface area contributed by atoms with Crippen molar-refractivity contribution in [2.45, 2.75) is 64.8 Å². The summed E-state index contributed by atoms with van der Waals surface area (Å²) in [6.07, 6.45) is 1.05. The fourth-order valence-corrected chi connectivity index (χ4v) is 3.72. The minimum absolute atomic E-state index is 0.0123. The third-order valence-corrected chi connectivity index (χ3v) is 5.13. The van der Waals surface area contributed by atoms with E-state index in [1.807, 2.05) is 0 Å². The van der Waals surface area contributed by atoms with Crippen LogP contribution in [-0.2, 0) is 28.5 Å². The average molecular weight is 463 g/mol. The maximum absolute atomic E-state index is 13.0. The number of carbonyl (C=O) groups excluding carboxylic acids is 4. The normalized spacial score (nSPS) is 22.4. The molecule has 3 rings (SSSR count). The lowest BCUT2D eigenvalue weighted by Gasteiger charge is -2.36. The highest BCUT2D eigenvalue weighted by atomic mass is 16.6. The lowest BCUT2D eigenvalue weighted by atomic mass is 9.78. The molecule has 0 radical (unpaired) electrons. The molecule has 1 amide bonds. The van der Waals surface area contributed by atoms with Crippen LogP contribution >= 0.6 is 0 Å². The number of hydrogen-bond acceptors (Lipinski definition) is 9. The highest BCUT2D eigenvalue weighted by Gasteiger charge is 2.42. The Balaban J connectivity index is 1.53. The van der Waals surface area contributed by atoms with Crippen molar-refractivity contribution in [3.63, 3.8) is 0 Å². The Hall–Kier alpha value is -3.30. The van der Waals surface area contributed by atoms with Crippen molar-refractivity contribution in [1.82, 2.24) is 5.32 Å². The van der Waals surface area contributed by atoms with Gasteiger partial charge in [-0.2, -0.15) is 0 Å². The van der Waals surface area contributed by atoms with Gasteiger partial charge in [0.15, 0.2) is 5.78 Å². The minimum Gasteiger partial charge on any atom is -0.496 e. The van der Waals surface area contributed by atoms with E-state index in [4.69, 9.17) is 23.4 Å². The fourth-order valence-electron chi connectivity index (χ4n) is 3.72. The molecule has 1 aromatic heterocycles. The second-order valence-electron chi connectivity index (χ2n) is 8.84. The predicted molar refractivity (Wildman–Crippen MR) is 114 cm³/mol. The largest absolute Gasteiger partial charge is 0.496 e. The monoisotopic (exact) mass is 463 g/mol. The number of allylic oxidation sites excluding steroid dienone is 1. The molecule has 0 saturated heterocycles. The van der Waals surface area contributed by atoms with Crippen LogP contribution in [0.15, 0.2) is 22.8 Å². The van der Waals surface area contributed by atoms with Crippen molar-refractivity contribution in [3.8, 4) is 0 Å². The van der Waals surface area contributed by atoms with E-state index in [0.717, 1.165) is 0 Å². The third-order valence-electron chi connectivity index (χ3n) is 5.13. The molecule has 10 heteroatoms. The van der Waals surface area contributed by atoms with E-state index >= 15 is 0 Å². The molecule has 2 heterocycles. The van der Waals surface area contributed by atoms with Gasteiger partial charge in [-0.3, -0.25) is 9.59 Å². The van der Waals surface area contributed by atoms with Gasteiger partial charge in [0.1, 0.15) is 30.1 Å². The zero-order chi connectivity index (χ0) is 24.2. The van der Waals surface area contributed by atoms with Gasteiger partial charge < -0.3 is 28.7 Å². The first-order valence-corrected chi connectivity index (χ1v) is 10.9. The summed E-state index contributed by atoms with van der Waals surface area (Å²) in [7, 11) is 0. The third kappa shape index (κ3) is 6.36. The zero-order valence-corrected chi connectivity index (χ0v) is 19.2. The van der Waals surface area contributed by atoms with Crippen LogP contribution in [-0.4, -0.2) is 54.8 Å². The van der Waals surface area contributed by atoms with Gasteiger partial charge in [0.25, 0.3) is 0 Å². The first-order valence-electron chi connectivity index (χ1n) is 10.9. The van der Waals surface area contributed by atoms with E-state index in [2.05, 4.69) is 5.32 Å². The van der Waals surface area contributed by atoms with Crippen LogP contribution in [0.2, 0.25) is 0 Å². The first-order chi connectivity index (χ1) is 15.6. The van der Waals surface area contributed by atoms with Gasteiger partial charge in [-0.1, -0.05) is 0 Å². The summed E-state index contributed by atoms with van der Waals surface area (Å²) in [5.74, 6) is -1.50. The highest BCUT2D eigenvalue weighted by Crippen LogP contribution is 2.37. The standard InChI is InChI=1S/C23H29NO9/c1-5-29-21(27)17-9-8-16(32-17)15-12-30-18-10-13(6-7-14(18)20(15)26)31-19(25)11-24-22(28)33-23(2,3)4/h8-9,12-14,18H,5-7,10-11H2,1-4H3,(H,24,28). The van der Waals surface area contributed by atoms with Crippen molar-refractivity contribution >= 4 is 29.4 Å². The Bertz CT molecular complexity index is 940. The van der Waals surface area contributed by atoms with Crippen molar-refractivity contribution in [3.05, 3.63) is 29.9 Å². The van der Waals surface area contributed by atoms with Crippen molar-refractivity contribution in [1.29, 1.82) is 0 Å². The summed E-state index contributed by atoms with van der Waals surface area (Å²) in [5.41, 5.74) is -0.414. The molecule has 3 unspecified atom stereocenters. The minimum atomic E-state index is -0.703. The molecule has 3 atom stereocenters. The van der Waals surface area contributed by atoms with Crippen LogP contribution in [0, 0.1) is 5.92 Å². The SMILES string of the molecule is CCOC(=O)c1ccc(C2=COC3CC(OC(=O)CNC(=O)OC(C)(C)C)CCC3C2=O)o1. The fraction of sp³-hybridized carbons (Fsp3) is 0.565. The number of Topliss-reactive ketones (excluding diaryl/α,β-unsaturated/α-hetero) is 1. The summed E-state index contributed by atoms with van der Waals surface area (Å²) in [6.45, 7) is 6.75. The molecule has 0 bridgehead atoms. The number of carbonyl (C=O) groups is 4. The molecule has 2 aliphatic rings. The smallest absolute Gasteiger partial charge is 0.408 e.